The maximum Gasteiger partial charge on any atom is 0.415 e. The smallest absolute Gasteiger partial charge is 0.415 e. The Labute approximate surface area is 192 Å². The van der Waals surface area contributed by atoms with Gasteiger partial charge in [0.15, 0.2) is 5.16 Å². The first kappa shape index (κ1) is 20.3. The van der Waals surface area contributed by atoms with Gasteiger partial charge < -0.3 is 9.30 Å². The number of benzene rings is 2. The third kappa shape index (κ3) is 3.47. The van der Waals surface area contributed by atoms with E-state index in [1.807, 2.05) is 30.3 Å². The lowest BCUT2D eigenvalue weighted by Gasteiger charge is -2.36. The van der Waals surface area contributed by atoms with Crippen molar-refractivity contribution in [3.05, 3.63) is 70.1 Å². The standard InChI is InChI=1S/C23H19BrFN3O2S/c1-2-30-23(29)28-18-6-4-3-5-15(18)13-17(24)20(28)21-19(14-7-9-16(25)10-8-14)26-22-27(21)11-12-31-22/h3-10,13,20H,2,11-12H2,1H3. The van der Waals surface area contributed by atoms with Gasteiger partial charge in [-0.25, -0.2) is 14.2 Å². The predicted octanol–water partition coefficient (Wildman–Crippen LogP) is 6.25. The molecule has 8 heteroatoms. The third-order valence-corrected chi connectivity index (χ3v) is 6.99. The summed E-state index contributed by atoms with van der Waals surface area (Å²) in [5, 5.41) is 0.900. The van der Waals surface area contributed by atoms with E-state index in [0.717, 1.165) is 50.1 Å². The second-order valence-electron chi connectivity index (χ2n) is 7.19. The van der Waals surface area contributed by atoms with E-state index in [9.17, 15) is 9.18 Å². The van der Waals surface area contributed by atoms with Gasteiger partial charge in [-0.3, -0.25) is 4.90 Å². The minimum Gasteiger partial charge on any atom is -0.449 e. The van der Waals surface area contributed by atoms with E-state index in [1.54, 1.807) is 35.7 Å². The van der Waals surface area contributed by atoms with Crippen LogP contribution in [-0.4, -0.2) is 28.0 Å². The summed E-state index contributed by atoms with van der Waals surface area (Å²) in [5.74, 6) is 0.621. The van der Waals surface area contributed by atoms with Crippen molar-refractivity contribution in [3.8, 4) is 11.3 Å². The minimum absolute atomic E-state index is 0.275. The molecule has 2 aliphatic heterocycles. The summed E-state index contributed by atoms with van der Waals surface area (Å²) in [6.07, 6.45) is 1.61. The van der Waals surface area contributed by atoms with Crippen LogP contribution < -0.4 is 4.90 Å². The average Bonchev–Trinajstić information content (AvgIpc) is 3.35. The van der Waals surface area contributed by atoms with Crippen LogP contribution in [0.25, 0.3) is 17.3 Å². The molecular formula is C23H19BrFN3O2S. The number of imidazole rings is 1. The fraction of sp³-hybridized carbons (Fsp3) is 0.217. The summed E-state index contributed by atoms with van der Waals surface area (Å²) in [6, 6.07) is 13.6. The molecule has 1 unspecified atom stereocenters. The van der Waals surface area contributed by atoms with Crippen molar-refractivity contribution in [2.24, 2.45) is 0 Å². The van der Waals surface area contributed by atoms with Gasteiger partial charge in [-0.15, -0.1) is 0 Å². The number of para-hydroxylation sites is 1. The van der Waals surface area contributed by atoms with Gasteiger partial charge >= 0.3 is 6.09 Å². The average molecular weight is 500 g/mol. The molecular weight excluding hydrogens is 481 g/mol. The number of anilines is 1. The number of fused-ring (bicyclic) bond motifs is 2. The van der Waals surface area contributed by atoms with Gasteiger partial charge in [0.05, 0.1) is 23.7 Å². The molecule has 31 heavy (non-hydrogen) atoms. The van der Waals surface area contributed by atoms with Crippen LogP contribution in [0.2, 0.25) is 0 Å². The van der Waals surface area contributed by atoms with Crippen molar-refractivity contribution in [2.75, 3.05) is 17.3 Å². The molecule has 1 atom stereocenters. The van der Waals surface area contributed by atoms with E-state index in [2.05, 4.69) is 20.5 Å². The zero-order valence-electron chi connectivity index (χ0n) is 16.7. The minimum atomic E-state index is -0.450. The van der Waals surface area contributed by atoms with E-state index in [4.69, 9.17) is 9.72 Å². The molecule has 0 aliphatic carbocycles. The van der Waals surface area contributed by atoms with E-state index in [-0.39, 0.29) is 12.4 Å². The zero-order chi connectivity index (χ0) is 21.5. The topological polar surface area (TPSA) is 47.4 Å². The number of thioether (sulfide) groups is 1. The predicted molar refractivity (Wildman–Crippen MR) is 124 cm³/mol. The Morgan fingerprint density at radius 3 is 2.81 bits per heavy atom. The second kappa shape index (κ2) is 8.16. The van der Waals surface area contributed by atoms with Crippen molar-refractivity contribution >= 4 is 45.5 Å². The molecule has 5 rings (SSSR count). The highest BCUT2D eigenvalue weighted by Crippen LogP contribution is 2.48. The maximum atomic E-state index is 13.6. The largest absolute Gasteiger partial charge is 0.449 e. The van der Waals surface area contributed by atoms with E-state index in [1.165, 1.54) is 12.1 Å². The number of aromatic nitrogens is 2. The highest BCUT2D eigenvalue weighted by molar-refractivity contribution is 9.11. The molecule has 2 aromatic carbocycles. The van der Waals surface area contributed by atoms with Gasteiger partial charge in [0.2, 0.25) is 0 Å². The Kier molecular flexibility index (Phi) is 5.35. The number of ether oxygens (including phenoxy) is 1. The number of carbonyl (C=O) groups is 1. The van der Waals surface area contributed by atoms with Crippen LogP contribution in [0, 0.1) is 5.82 Å². The Morgan fingerprint density at radius 1 is 1.26 bits per heavy atom. The van der Waals surface area contributed by atoms with Crippen LogP contribution in [0.4, 0.5) is 14.9 Å². The van der Waals surface area contributed by atoms with Gasteiger partial charge in [-0.05, 0) is 48.9 Å². The first-order valence-corrected chi connectivity index (χ1v) is 11.8. The number of carbonyl (C=O) groups excluding carboxylic acids is 1. The lowest BCUT2D eigenvalue weighted by Crippen LogP contribution is -2.39. The molecule has 0 spiro atoms. The molecule has 0 N–H and O–H groups in total. The number of halogens is 2. The molecule has 158 valence electrons. The van der Waals surface area contributed by atoms with E-state index < -0.39 is 12.1 Å². The molecule has 5 nitrogen and oxygen atoms in total. The van der Waals surface area contributed by atoms with Crippen molar-refractivity contribution in [1.29, 1.82) is 0 Å². The van der Waals surface area contributed by atoms with Crippen LogP contribution in [0.3, 0.4) is 0 Å². The Bertz CT molecular complexity index is 1190. The quantitative estimate of drug-likeness (QED) is 0.427. The van der Waals surface area contributed by atoms with Gasteiger partial charge in [-0.2, -0.15) is 0 Å². The number of rotatable bonds is 3. The first-order chi connectivity index (χ1) is 15.1. The SMILES string of the molecule is CCOC(=O)N1c2ccccc2C=C(Br)C1c1c(-c2ccc(F)cc2)nc2n1CCS2. The molecule has 0 fully saturated rings. The van der Waals surface area contributed by atoms with Gasteiger partial charge in [0.1, 0.15) is 11.9 Å². The number of nitrogens with zero attached hydrogens (tertiary/aromatic N) is 3. The van der Waals surface area contributed by atoms with Gasteiger partial charge in [0.25, 0.3) is 0 Å². The van der Waals surface area contributed by atoms with Crippen molar-refractivity contribution < 1.29 is 13.9 Å². The highest BCUT2D eigenvalue weighted by Gasteiger charge is 2.39. The molecule has 1 aromatic heterocycles. The third-order valence-electron chi connectivity index (χ3n) is 5.37. The van der Waals surface area contributed by atoms with Crippen LogP contribution in [0.1, 0.15) is 24.2 Å². The summed E-state index contributed by atoms with van der Waals surface area (Å²) < 4.78 is 22.0. The maximum absolute atomic E-state index is 13.6. The number of hydrogen-bond donors (Lipinski definition) is 0. The fourth-order valence-electron chi connectivity index (χ4n) is 4.06. The Balaban J connectivity index is 1.73. The Morgan fingerprint density at radius 2 is 2.03 bits per heavy atom. The van der Waals surface area contributed by atoms with Crippen LogP contribution in [-0.2, 0) is 11.3 Å². The molecule has 0 bridgehead atoms. The van der Waals surface area contributed by atoms with Crippen LogP contribution in [0.15, 0.2) is 58.2 Å². The summed E-state index contributed by atoms with van der Waals surface area (Å²) in [4.78, 5) is 19.7. The summed E-state index contributed by atoms with van der Waals surface area (Å²) in [7, 11) is 0. The Hall–Kier alpha value is -2.58. The molecule has 3 heterocycles. The van der Waals surface area contributed by atoms with Crippen LogP contribution >= 0.6 is 27.7 Å². The lowest BCUT2D eigenvalue weighted by molar-refractivity contribution is 0.158. The van der Waals surface area contributed by atoms with E-state index >= 15 is 0 Å². The first-order valence-electron chi connectivity index (χ1n) is 9.99. The summed E-state index contributed by atoms with van der Waals surface area (Å²) in [6.45, 7) is 2.86. The normalized spacial score (nSPS) is 17.2. The highest BCUT2D eigenvalue weighted by atomic mass is 79.9. The number of hydrogen-bond acceptors (Lipinski definition) is 4. The number of amides is 1. The molecule has 0 radical (unpaired) electrons. The summed E-state index contributed by atoms with van der Waals surface area (Å²) in [5.41, 5.74) is 4.14. The van der Waals surface area contributed by atoms with E-state index in [0.29, 0.717) is 0 Å². The van der Waals surface area contributed by atoms with Crippen molar-refractivity contribution in [3.63, 3.8) is 0 Å². The second-order valence-corrected chi connectivity index (χ2v) is 9.17. The van der Waals surface area contributed by atoms with Gasteiger partial charge in [0, 0.05) is 22.3 Å². The van der Waals surface area contributed by atoms with Crippen molar-refractivity contribution in [1.82, 2.24) is 9.55 Å². The van der Waals surface area contributed by atoms with Gasteiger partial charge in [-0.1, -0.05) is 45.9 Å². The molecule has 1 amide bonds. The lowest BCUT2D eigenvalue weighted by atomic mass is 9.98. The van der Waals surface area contributed by atoms with Crippen molar-refractivity contribution in [2.45, 2.75) is 24.7 Å². The molecule has 0 saturated carbocycles. The molecule has 0 saturated heterocycles. The molecule has 2 aliphatic rings. The molecule has 3 aromatic rings. The van der Waals surface area contributed by atoms with Crippen LogP contribution in [0.5, 0.6) is 0 Å². The summed E-state index contributed by atoms with van der Waals surface area (Å²) >= 11 is 5.42. The zero-order valence-corrected chi connectivity index (χ0v) is 19.1. The fourth-order valence-corrected chi connectivity index (χ4v) is 5.69. The monoisotopic (exact) mass is 499 g/mol.